The molecule has 0 radical (unpaired) electrons. The number of likely N-dealkylation sites (N-methyl/N-ethyl adjacent to an activating group) is 1. The molecule has 1 aliphatic rings. The van der Waals surface area contributed by atoms with Crippen LogP contribution in [0.5, 0.6) is 0 Å². The van der Waals surface area contributed by atoms with Crippen LogP contribution in [0.25, 0.3) is 16.6 Å². The second-order valence-electron chi connectivity index (χ2n) is 7.82. The average Bonchev–Trinajstić information content (AvgIpc) is 2.89. The van der Waals surface area contributed by atoms with Crippen molar-refractivity contribution in [2.45, 2.75) is 39.8 Å². The fourth-order valence-corrected chi connectivity index (χ4v) is 3.82. The van der Waals surface area contributed by atoms with Gasteiger partial charge in [0.1, 0.15) is 5.52 Å². The van der Waals surface area contributed by atoms with E-state index in [0.717, 1.165) is 40.6 Å². The van der Waals surface area contributed by atoms with Crippen molar-refractivity contribution in [2.24, 2.45) is 5.41 Å². The normalized spacial score (nSPS) is 19.8. The molecule has 2 aromatic rings. The van der Waals surface area contributed by atoms with Crippen LogP contribution in [-0.2, 0) is 6.54 Å². The summed E-state index contributed by atoms with van der Waals surface area (Å²) in [5.74, 6) is 0. The zero-order chi connectivity index (χ0) is 17.5. The van der Waals surface area contributed by atoms with E-state index in [-0.39, 0.29) is 18.1 Å². The van der Waals surface area contributed by atoms with Gasteiger partial charge in [0.15, 0.2) is 0 Å². The molecule has 5 nitrogen and oxygen atoms in total. The van der Waals surface area contributed by atoms with E-state index in [0.29, 0.717) is 0 Å². The second-order valence-corrected chi connectivity index (χ2v) is 8.61. The molecule has 1 N–H and O–H groups in total. The molecule has 130 valence electrons. The highest BCUT2D eigenvalue weighted by molar-refractivity contribution is 9.10. The van der Waals surface area contributed by atoms with Crippen LogP contribution in [0.4, 0.5) is 0 Å². The van der Waals surface area contributed by atoms with E-state index in [1.165, 1.54) is 5.57 Å². The van der Waals surface area contributed by atoms with Crippen LogP contribution < -0.4 is 0 Å². The first-order valence-electron chi connectivity index (χ1n) is 8.32. The highest BCUT2D eigenvalue weighted by atomic mass is 79.9. The summed E-state index contributed by atoms with van der Waals surface area (Å²) >= 11 is 3.74. The predicted molar refractivity (Wildman–Crippen MR) is 101 cm³/mol. The van der Waals surface area contributed by atoms with Gasteiger partial charge in [0, 0.05) is 19.1 Å². The van der Waals surface area contributed by atoms with E-state index in [1.54, 1.807) is 0 Å². The Morgan fingerprint density at radius 1 is 1.33 bits per heavy atom. The molecule has 1 atom stereocenters. The Labute approximate surface area is 151 Å². The molecule has 0 spiro atoms. The molecule has 3 rings (SSSR count). The van der Waals surface area contributed by atoms with E-state index in [1.807, 2.05) is 4.68 Å². The molecule has 24 heavy (non-hydrogen) atoms. The highest BCUT2D eigenvalue weighted by Gasteiger charge is 2.23. The van der Waals surface area contributed by atoms with E-state index in [2.05, 4.69) is 77.2 Å². The Kier molecular flexibility index (Phi) is 4.82. The number of aromatic nitrogens is 3. The lowest BCUT2D eigenvalue weighted by molar-refractivity contribution is 0.156. The van der Waals surface area contributed by atoms with Gasteiger partial charge in [-0.05, 0) is 52.0 Å². The van der Waals surface area contributed by atoms with Gasteiger partial charge in [-0.2, -0.15) is 0 Å². The van der Waals surface area contributed by atoms with Crippen molar-refractivity contribution in [3.05, 3.63) is 28.2 Å². The zero-order valence-corrected chi connectivity index (χ0v) is 16.3. The van der Waals surface area contributed by atoms with E-state index in [4.69, 9.17) is 0 Å². The summed E-state index contributed by atoms with van der Waals surface area (Å²) in [7, 11) is 2.06. The van der Waals surface area contributed by atoms with Crippen molar-refractivity contribution in [1.29, 1.82) is 0 Å². The van der Waals surface area contributed by atoms with Crippen LogP contribution in [0.3, 0.4) is 0 Å². The molecule has 2 heterocycles. The van der Waals surface area contributed by atoms with Gasteiger partial charge in [0.2, 0.25) is 0 Å². The first-order valence-corrected chi connectivity index (χ1v) is 9.11. The number of rotatable bonds is 3. The number of aliphatic hydroxyl groups is 1. The maximum absolute atomic E-state index is 9.41. The molecule has 1 aliphatic heterocycles. The third-order valence-electron chi connectivity index (χ3n) is 4.49. The fourth-order valence-electron chi connectivity index (χ4n) is 3.15. The topological polar surface area (TPSA) is 54.2 Å². The molecule has 6 heteroatoms. The minimum atomic E-state index is 0.152. The summed E-state index contributed by atoms with van der Waals surface area (Å²) in [6, 6.07) is 4.47. The summed E-state index contributed by atoms with van der Waals surface area (Å²) in [6.45, 7) is 8.45. The summed E-state index contributed by atoms with van der Waals surface area (Å²) in [6.07, 6.45) is 3.09. The molecular formula is C18H25BrN4O. The molecule has 1 aromatic carbocycles. The Morgan fingerprint density at radius 2 is 2.08 bits per heavy atom. The molecule has 0 saturated carbocycles. The minimum Gasteiger partial charge on any atom is -0.395 e. The molecule has 1 aromatic heterocycles. The largest absolute Gasteiger partial charge is 0.395 e. The van der Waals surface area contributed by atoms with E-state index >= 15 is 0 Å². The number of hydrogen-bond acceptors (Lipinski definition) is 4. The third kappa shape index (κ3) is 3.41. The van der Waals surface area contributed by atoms with Gasteiger partial charge in [-0.3, -0.25) is 4.90 Å². The summed E-state index contributed by atoms with van der Waals surface area (Å²) in [5.41, 5.74) is 4.54. The van der Waals surface area contributed by atoms with Crippen molar-refractivity contribution in [1.82, 2.24) is 19.9 Å². The Morgan fingerprint density at radius 3 is 2.71 bits per heavy atom. The lowest BCUT2D eigenvalue weighted by Crippen LogP contribution is -2.38. The molecule has 0 fully saturated rings. The third-order valence-corrected chi connectivity index (χ3v) is 5.29. The molecule has 0 saturated heterocycles. The summed E-state index contributed by atoms with van der Waals surface area (Å²) in [4.78, 5) is 2.20. The van der Waals surface area contributed by atoms with Gasteiger partial charge in [0.05, 0.1) is 16.6 Å². The van der Waals surface area contributed by atoms with Crippen LogP contribution in [0, 0.1) is 5.41 Å². The van der Waals surface area contributed by atoms with Crippen molar-refractivity contribution in [2.75, 3.05) is 20.2 Å². The first-order chi connectivity index (χ1) is 11.3. The molecule has 0 bridgehead atoms. The molecule has 0 amide bonds. The number of nitrogens with zero attached hydrogens (tertiary/aromatic N) is 4. The van der Waals surface area contributed by atoms with Gasteiger partial charge in [0.25, 0.3) is 0 Å². The lowest BCUT2D eigenvalue weighted by atomic mass is 9.96. The number of hydrogen-bond donors (Lipinski definition) is 1. The van der Waals surface area contributed by atoms with Crippen molar-refractivity contribution < 1.29 is 5.11 Å². The van der Waals surface area contributed by atoms with E-state index in [9.17, 15) is 5.11 Å². The maximum Gasteiger partial charge on any atom is 0.127 e. The van der Waals surface area contributed by atoms with Crippen molar-refractivity contribution >= 4 is 32.5 Å². The number of aliphatic hydroxyl groups excluding tert-OH is 1. The van der Waals surface area contributed by atoms with Gasteiger partial charge in [-0.25, -0.2) is 4.68 Å². The lowest BCUT2D eigenvalue weighted by Gasteiger charge is -2.31. The van der Waals surface area contributed by atoms with Crippen LogP contribution >= 0.6 is 15.9 Å². The smallest absolute Gasteiger partial charge is 0.127 e. The molecular weight excluding hydrogens is 368 g/mol. The Bertz CT molecular complexity index is 775. The second kappa shape index (κ2) is 6.58. The van der Waals surface area contributed by atoms with Crippen LogP contribution in [0.15, 0.2) is 22.7 Å². The van der Waals surface area contributed by atoms with Gasteiger partial charge in [-0.15, -0.1) is 5.10 Å². The standard InChI is InChI=1S/C18H25BrN4O/c1-18(2,3)11-23-15-8-7-14(16(19)17(15)20-21-23)12-5-6-13(10-24)22(4)9-12/h5,7-8,13,24H,6,9-11H2,1-4H3. The van der Waals surface area contributed by atoms with Crippen molar-refractivity contribution in [3.63, 3.8) is 0 Å². The van der Waals surface area contributed by atoms with Crippen LogP contribution in [-0.4, -0.2) is 51.2 Å². The van der Waals surface area contributed by atoms with Gasteiger partial charge < -0.3 is 5.11 Å². The SMILES string of the molecule is CN1CC(c2ccc3c(nnn3CC(C)(C)C)c2Br)=CCC1CO. The van der Waals surface area contributed by atoms with Gasteiger partial charge >= 0.3 is 0 Å². The maximum atomic E-state index is 9.41. The average molecular weight is 393 g/mol. The Balaban J connectivity index is 1.97. The summed E-state index contributed by atoms with van der Waals surface area (Å²) < 4.78 is 2.98. The quantitative estimate of drug-likeness (QED) is 0.870. The van der Waals surface area contributed by atoms with Gasteiger partial charge in [-0.1, -0.05) is 38.1 Å². The van der Waals surface area contributed by atoms with Crippen LogP contribution in [0.1, 0.15) is 32.8 Å². The summed E-state index contributed by atoms with van der Waals surface area (Å²) in [5, 5.41) is 18.1. The van der Waals surface area contributed by atoms with E-state index < -0.39 is 0 Å². The highest BCUT2D eigenvalue weighted by Crippen LogP contribution is 2.34. The Hall–Kier alpha value is -1.24. The zero-order valence-electron chi connectivity index (χ0n) is 14.8. The first kappa shape index (κ1) is 17.6. The monoisotopic (exact) mass is 392 g/mol. The van der Waals surface area contributed by atoms with Crippen LogP contribution in [0.2, 0.25) is 0 Å². The fraction of sp³-hybridized carbons (Fsp3) is 0.556. The minimum absolute atomic E-state index is 0.152. The van der Waals surface area contributed by atoms with Crippen molar-refractivity contribution in [3.8, 4) is 0 Å². The molecule has 1 unspecified atom stereocenters. The number of benzene rings is 1. The predicted octanol–water partition coefficient (Wildman–Crippen LogP) is 3.32. The number of fused-ring (bicyclic) bond motifs is 1. The molecule has 0 aliphatic carbocycles. The number of halogens is 1.